The summed E-state index contributed by atoms with van der Waals surface area (Å²) < 4.78 is 5.60. The van der Waals surface area contributed by atoms with Crippen LogP contribution >= 0.6 is 0 Å². The van der Waals surface area contributed by atoms with Gasteiger partial charge in [0.2, 0.25) is 5.75 Å². The highest BCUT2D eigenvalue weighted by Gasteiger charge is 2.36. The lowest BCUT2D eigenvalue weighted by atomic mass is 10.1. The van der Waals surface area contributed by atoms with Crippen molar-refractivity contribution in [3.63, 3.8) is 0 Å². The second-order valence-corrected chi connectivity index (χ2v) is 5.90. The molecule has 0 bridgehead atoms. The van der Waals surface area contributed by atoms with Gasteiger partial charge in [-0.2, -0.15) is 0 Å². The van der Waals surface area contributed by atoms with Crippen LogP contribution in [0.2, 0.25) is 0 Å². The highest BCUT2D eigenvalue weighted by molar-refractivity contribution is 5.65. The van der Waals surface area contributed by atoms with Crippen LogP contribution < -0.4 is 15.0 Å². The van der Waals surface area contributed by atoms with Crippen molar-refractivity contribution in [1.82, 2.24) is 14.9 Å². The zero-order chi connectivity index (χ0) is 14.8. The molecule has 0 amide bonds. The molecule has 0 radical (unpaired) electrons. The molecule has 21 heavy (non-hydrogen) atoms. The van der Waals surface area contributed by atoms with E-state index in [1.165, 1.54) is 19.4 Å². The standard InChI is InChI=1S/C15H25N5O/c1-4-16-14-13(21-3)15(18-10-17-14)20-9-12-6-5-7-19(12)8-11(20)2/h10-12H,4-9H2,1-3H3,(H,16,17,18). The number of ether oxygens (including phenoxy) is 1. The monoisotopic (exact) mass is 291 g/mol. The zero-order valence-corrected chi connectivity index (χ0v) is 13.2. The molecule has 0 spiro atoms. The summed E-state index contributed by atoms with van der Waals surface area (Å²) in [6.45, 7) is 8.52. The third-order valence-corrected chi connectivity index (χ3v) is 4.54. The first kappa shape index (κ1) is 14.4. The Labute approximate surface area is 126 Å². The highest BCUT2D eigenvalue weighted by Crippen LogP contribution is 2.36. The Bertz CT molecular complexity index is 495. The maximum Gasteiger partial charge on any atom is 0.204 e. The first-order valence-corrected chi connectivity index (χ1v) is 7.88. The van der Waals surface area contributed by atoms with Crippen LogP contribution in [0.1, 0.15) is 26.7 Å². The summed E-state index contributed by atoms with van der Waals surface area (Å²) in [4.78, 5) is 13.8. The molecule has 3 heterocycles. The van der Waals surface area contributed by atoms with Gasteiger partial charge in [0.1, 0.15) is 6.33 Å². The Kier molecular flexibility index (Phi) is 4.14. The molecule has 1 N–H and O–H groups in total. The zero-order valence-electron chi connectivity index (χ0n) is 13.2. The third-order valence-electron chi connectivity index (χ3n) is 4.54. The maximum atomic E-state index is 5.60. The fourth-order valence-electron chi connectivity index (χ4n) is 3.53. The topological polar surface area (TPSA) is 53.5 Å². The predicted octanol–water partition coefficient (Wildman–Crippen LogP) is 1.59. The van der Waals surface area contributed by atoms with E-state index in [0.29, 0.717) is 12.1 Å². The van der Waals surface area contributed by atoms with Crippen LogP contribution in [0.25, 0.3) is 0 Å². The number of hydrogen-bond acceptors (Lipinski definition) is 6. The minimum atomic E-state index is 0.442. The Hall–Kier alpha value is -1.56. The van der Waals surface area contributed by atoms with E-state index in [0.717, 1.165) is 37.0 Å². The molecule has 2 aliphatic heterocycles. The number of nitrogens with zero attached hydrogens (tertiary/aromatic N) is 4. The summed E-state index contributed by atoms with van der Waals surface area (Å²) in [6, 6.07) is 1.10. The predicted molar refractivity (Wildman–Crippen MR) is 84.2 cm³/mol. The van der Waals surface area contributed by atoms with Crippen molar-refractivity contribution >= 4 is 11.6 Å². The third kappa shape index (κ3) is 2.64. The van der Waals surface area contributed by atoms with E-state index in [1.807, 2.05) is 0 Å². The van der Waals surface area contributed by atoms with E-state index in [1.54, 1.807) is 13.4 Å². The smallest absolute Gasteiger partial charge is 0.204 e. The van der Waals surface area contributed by atoms with Gasteiger partial charge in [-0.25, -0.2) is 9.97 Å². The molecule has 0 aliphatic carbocycles. The summed E-state index contributed by atoms with van der Waals surface area (Å²) in [6.07, 6.45) is 4.23. The molecule has 1 aromatic heterocycles. The SMILES string of the molecule is CCNc1ncnc(N2CC3CCCN3CC2C)c1OC. The molecule has 2 unspecified atom stereocenters. The number of hydrogen-bond donors (Lipinski definition) is 1. The van der Waals surface area contributed by atoms with Crippen LogP contribution in [0.3, 0.4) is 0 Å². The maximum absolute atomic E-state index is 5.60. The van der Waals surface area contributed by atoms with E-state index < -0.39 is 0 Å². The fraction of sp³-hybridized carbons (Fsp3) is 0.733. The van der Waals surface area contributed by atoms with Crippen molar-refractivity contribution in [1.29, 1.82) is 0 Å². The summed E-state index contributed by atoms with van der Waals surface area (Å²) in [7, 11) is 1.69. The van der Waals surface area contributed by atoms with Gasteiger partial charge < -0.3 is 15.0 Å². The molecule has 2 saturated heterocycles. The van der Waals surface area contributed by atoms with Gasteiger partial charge in [0.15, 0.2) is 11.6 Å². The minimum Gasteiger partial charge on any atom is -0.490 e. The Morgan fingerprint density at radius 1 is 1.38 bits per heavy atom. The van der Waals surface area contributed by atoms with E-state index in [2.05, 4.69) is 38.9 Å². The molecule has 6 heteroatoms. The fourth-order valence-corrected chi connectivity index (χ4v) is 3.53. The van der Waals surface area contributed by atoms with Gasteiger partial charge in [-0.3, -0.25) is 4.90 Å². The van der Waals surface area contributed by atoms with E-state index in [-0.39, 0.29) is 0 Å². The molecule has 1 aromatic rings. The van der Waals surface area contributed by atoms with E-state index >= 15 is 0 Å². The van der Waals surface area contributed by atoms with Crippen molar-refractivity contribution in [2.75, 3.05) is 43.5 Å². The van der Waals surface area contributed by atoms with Crippen LogP contribution in [0.15, 0.2) is 6.33 Å². The summed E-state index contributed by atoms with van der Waals surface area (Å²) in [5.41, 5.74) is 0. The Balaban J connectivity index is 1.90. The quantitative estimate of drug-likeness (QED) is 0.909. The number of piperazine rings is 1. The average molecular weight is 291 g/mol. The lowest BCUT2D eigenvalue weighted by Crippen LogP contribution is -2.55. The number of rotatable bonds is 4. The molecule has 0 aromatic carbocycles. The van der Waals surface area contributed by atoms with Gasteiger partial charge in [0, 0.05) is 31.7 Å². The van der Waals surface area contributed by atoms with Crippen LogP contribution in [-0.4, -0.2) is 60.2 Å². The highest BCUT2D eigenvalue weighted by atomic mass is 16.5. The number of nitrogens with one attached hydrogen (secondary N) is 1. The Morgan fingerprint density at radius 3 is 3.00 bits per heavy atom. The molecule has 0 saturated carbocycles. The first-order valence-electron chi connectivity index (χ1n) is 7.88. The molecular weight excluding hydrogens is 266 g/mol. The van der Waals surface area contributed by atoms with Crippen LogP contribution in [0.4, 0.5) is 11.6 Å². The summed E-state index contributed by atoms with van der Waals surface area (Å²) in [5.74, 6) is 2.46. The molecule has 116 valence electrons. The van der Waals surface area contributed by atoms with Gasteiger partial charge in [-0.15, -0.1) is 0 Å². The van der Waals surface area contributed by atoms with Gasteiger partial charge >= 0.3 is 0 Å². The molecule has 2 aliphatic rings. The molecular formula is C15H25N5O. The van der Waals surface area contributed by atoms with Crippen LogP contribution in [-0.2, 0) is 0 Å². The van der Waals surface area contributed by atoms with Crippen molar-refractivity contribution in [3.8, 4) is 5.75 Å². The first-order chi connectivity index (χ1) is 10.2. The van der Waals surface area contributed by atoms with Gasteiger partial charge in [0.25, 0.3) is 0 Å². The number of fused-ring (bicyclic) bond motifs is 1. The minimum absolute atomic E-state index is 0.442. The van der Waals surface area contributed by atoms with Crippen molar-refractivity contribution in [2.45, 2.75) is 38.8 Å². The van der Waals surface area contributed by atoms with Gasteiger partial charge in [-0.05, 0) is 33.2 Å². The van der Waals surface area contributed by atoms with E-state index in [4.69, 9.17) is 4.74 Å². The largest absolute Gasteiger partial charge is 0.490 e. The van der Waals surface area contributed by atoms with Crippen LogP contribution in [0.5, 0.6) is 5.75 Å². The number of anilines is 2. The second kappa shape index (κ2) is 6.05. The molecule has 6 nitrogen and oxygen atoms in total. The normalized spacial score (nSPS) is 25.8. The van der Waals surface area contributed by atoms with Crippen LogP contribution in [0, 0.1) is 0 Å². The lowest BCUT2D eigenvalue weighted by molar-refractivity contribution is 0.201. The van der Waals surface area contributed by atoms with Crippen molar-refractivity contribution in [3.05, 3.63) is 6.33 Å². The average Bonchev–Trinajstić information content (AvgIpc) is 2.93. The Morgan fingerprint density at radius 2 is 2.24 bits per heavy atom. The van der Waals surface area contributed by atoms with Gasteiger partial charge in [-0.1, -0.05) is 0 Å². The molecule has 2 atom stereocenters. The molecule has 2 fully saturated rings. The number of methoxy groups -OCH3 is 1. The van der Waals surface area contributed by atoms with Gasteiger partial charge in [0.05, 0.1) is 7.11 Å². The molecule has 3 rings (SSSR count). The van der Waals surface area contributed by atoms with Crippen molar-refractivity contribution < 1.29 is 4.74 Å². The summed E-state index contributed by atoms with van der Waals surface area (Å²) in [5, 5.41) is 3.25. The second-order valence-electron chi connectivity index (χ2n) is 5.90. The summed E-state index contributed by atoms with van der Waals surface area (Å²) >= 11 is 0. The van der Waals surface area contributed by atoms with Crippen molar-refractivity contribution in [2.24, 2.45) is 0 Å². The lowest BCUT2D eigenvalue weighted by Gasteiger charge is -2.43. The van der Waals surface area contributed by atoms with E-state index in [9.17, 15) is 0 Å². The number of aromatic nitrogens is 2.